The molecule has 0 aliphatic heterocycles. The molecule has 0 saturated carbocycles. The minimum atomic E-state index is -0.0881. The van der Waals surface area contributed by atoms with E-state index in [2.05, 4.69) is 165 Å². The number of rotatable bonds is 2. The normalized spacial score (nSPS) is 14.4. The van der Waals surface area contributed by atoms with Gasteiger partial charge in [-0.05, 0) is 111 Å². The van der Waals surface area contributed by atoms with Crippen molar-refractivity contribution in [1.29, 1.82) is 0 Å². The summed E-state index contributed by atoms with van der Waals surface area (Å²) in [5.41, 5.74) is 13.7. The smallest absolute Gasteiger partial charge is 0.0159 e. The van der Waals surface area contributed by atoms with Gasteiger partial charge < -0.3 is 0 Å². The number of hydrogen-bond acceptors (Lipinski definition) is 0. The summed E-state index contributed by atoms with van der Waals surface area (Å²) in [6.07, 6.45) is 0. The summed E-state index contributed by atoms with van der Waals surface area (Å²) in [7, 11) is 0. The van der Waals surface area contributed by atoms with Gasteiger partial charge in [0.05, 0.1) is 0 Å². The summed E-state index contributed by atoms with van der Waals surface area (Å²) in [4.78, 5) is 0. The van der Waals surface area contributed by atoms with Gasteiger partial charge in [0.25, 0.3) is 0 Å². The SMILES string of the molecule is CC(C)(C)c1ccc(-c2ccc3c(c2)C(C)(C)c2cc(-c4ccc5ccc6cc(C(C)(C)C)cc7ccc4c5c67)ccc2-3)cc1. The molecule has 0 saturated heterocycles. The Bertz CT molecular complexity index is 2260. The van der Waals surface area contributed by atoms with Crippen molar-refractivity contribution >= 4 is 32.3 Å². The van der Waals surface area contributed by atoms with Gasteiger partial charge in [-0.25, -0.2) is 0 Å². The molecule has 0 heterocycles. The molecule has 0 unspecified atom stereocenters. The van der Waals surface area contributed by atoms with Crippen molar-refractivity contribution < 1.29 is 0 Å². The van der Waals surface area contributed by atoms with Gasteiger partial charge in [-0.15, -0.1) is 0 Å². The Hall–Kier alpha value is -4.42. The highest BCUT2D eigenvalue weighted by Gasteiger charge is 2.36. The van der Waals surface area contributed by atoms with Crippen LogP contribution in [0.3, 0.4) is 0 Å². The predicted octanol–water partition coefficient (Wildman–Crippen LogP) is 12.8. The molecular formula is C45H42. The molecule has 0 radical (unpaired) electrons. The van der Waals surface area contributed by atoms with Crippen molar-refractivity contribution in [1.82, 2.24) is 0 Å². The second kappa shape index (κ2) is 9.30. The molecule has 8 rings (SSSR count). The summed E-state index contributed by atoms with van der Waals surface area (Å²) in [6.45, 7) is 18.5. The highest BCUT2D eigenvalue weighted by Crippen LogP contribution is 2.51. The van der Waals surface area contributed by atoms with E-state index in [4.69, 9.17) is 0 Å². The summed E-state index contributed by atoms with van der Waals surface area (Å²) in [6, 6.07) is 42.2. The van der Waals surface area contributed by atoms with E-state index in [1.54, 1.807) is 0 Å². The molecule has 0 N–H and O–H groups in total. The van der Waals surface area contributed by atoms with Crippen LogP contribution < -0.4 is 0 Å². The van der Waals surface area contributed by atoms with E-state index in [1.807, 2.05) is 0 Å². The molecule has 0 amide bonds. The Morgan fingerprint density at radius 1 is 0.400 bits per heavy atom. The average molecular weight is 583 g/mol. The fourth-order valence-corrected chi connectivity index (χ4v) is 7.75. The maximum atomic E-state index is 2.47. The third-order valence-electron chi connectivity index (χ3n) is 10.5. The topological polar surface area (TPSA) is 0 Å². The molecule has 1 aliphatic rings. The first-order valence-corrected chi connectivity index (χ1v) is 16.4. The summed E-state index contributed by atoms with van der Waals surface area (Å²) < 4.78 is 0. The van der Waals surface area contributed by atoms with Gasteiger partial charge in [0.15, 0.2) is 0 Å². The fraction of sp³-hybridized carbons (Fsp3) is 0.244. The van der Waals surface area contributed by atoms with Gasteiger partial charge >= 0.3 is 0 Å². The fourth-order valence-electron chi connectivity index (χ4n) is 7.75. The van der Waals surface area contributed by atoms with Crippen LogP contribution in [-0.4, -0.2) is 0 Å². The van der Waals surface area contributed by atoms with E-state index in [0.717, 1.165) is 0 Å². The zero-order chi connectivity index (χ0) is 31.5. The van der Waals surface area contributed by atoms with E-state index in [0.29, 0.717) is 0 Å². The molecule has 7 aromatic rings. The van der Waals surface area contributed by atoms with Gasteiger partial charge in [0.1, 0.15) is 0 Å². The highest BCUT2D eigenvalue weighted by atomic mass is 14.4. The van der Waals surface area contributed by atoms with Crippen molar-refractivity contribution in [3.05, 3.63) is 131 Å². The second-order valence-corrected chi connectivity index (χ2v) is 15.9. The van der Waals surface area contributed by atoms with E-state index in [1.165, 1.54) is 88.0 Å². The lowest BCUT2D eigenvalue weighted by Gasteiger charge is -2.23. The molecule has 0 fully saturated rings. The van der Waals surface area contributed by atoms with Crippen LogP contribution in [0.2, 0.25) is 0 Å². The van der Waals surface area contributed by atoms with E-state index in [-0.39, 0.29) is 16.2 Å². The Labute approximate surface area is 268 Å². The van der Waals surface area contributed by atoms with Crippen LogP contribution in [0, 0.1) is 0 Å². The largest absolute Gasteiger partial charge is 0.0579 e. The average Bonchev–Trinajstić information content (AvgIpc) is 3.24. The van der Waals surface area contributed by atoms with Crippen LogP contribution in [0.4, 0.5) is 0 Å². The van der Waals surface area contributed by atoms with Gasteiger partial charge in [-0.1, -0.05) is 152 Å². The Kier molecular flexibility index (Phi) is 5.80. The molecule has 0 nitrogen and oxygen atoms in total. The maximum absolute atomic E-state index is 2.47. The Morgan fingerprint density at radius 3 is 1.51 bits per heavy atom. The molecule has 0 bridgehead atoms. The monoisotopic (exact) mass is 582 g/mol. The van der Waals surface area contributed by atoms with E-state index in [9.17, 15) is 0 Å². The predicted molar refractivity (Wildman–Crippen MR) is 196 cm³/mol. The van der Waals surface area contributed by atoms with E-state index >= 15 is 0 Å². The van der Waals surface area contributed by atoms with Gasteiger partial charge in [-0.2, -0.15) is 0 Å². The zero-order valence-corrected chi connectivity index (χ0v) is 27.9. The number of benzene rings is 7. The molecule has 222 valence electrons. The molecule has 0 atom stereocenters. The minimum Gasteiger partial charge on any atom is -0.0579 e. The lowest BCUT2D eigenvalue weighted by molar-refractivity contribution is 0.590. The first-order valence-electron chi connectivity index (χ1n) is 16.4. The third kappa shape index (κ3) is 4.26. The lowest BCUT2D eigenvalue weighted by Crippen LogP contribution is -2.15. The number of fused-ring (bicyclic) bond motifs is 3. The quantitative estimate of drug-likeness (QED) is 0.178. The summed E-state index contributed by atoms with van der Waals surface area (Å²) in [5, 5.41) is 8.09. The van der Waals surface area contributed by atoms with Crippen LogP contribution >= 0.6 is 0 Å². The molecular weight excluding hydrogens is 540 g/mol. The molecule has 1 aliphatic carbocycles. The Balaban J connectivity index is 1.23. The number of hydrogen-bond donors (Lipinski definition) is 0. The first-order chi connectivity index (χ1) is 21.3. The second-order valence-electron chi connectivity index (χ2n) is 15.9. The van der Waals surface area contributed by atoms with Crippen LogP contribution in [0.15, 0.2) is 109 Å². The molecule has 45 heavy (non-hydrogen) atoms. The maximum Gasteiger partial charge on any atom is 0.0159 e. The zero-order valence-electron chi connectivity index (χ0n) is 27.9. The van der Waals surface area contributed by atoms with Gasteiger partial charge in [0, 0.05) is 5.41 Å². The van der Waals surface area contributed by atoms with Crippen LogP contribution in [0.1, 0.15) is 77.6 Å². The van der Waals surface area contributed by atoms with Crippen molar-refractivity contribution in [3.63, 3.8) is 0 Å². The summed E-state index contributed by atoms with van der Waals surface area (Å²) >= 11 is 0. The summed E-state index contributed by atoms with van der Waals surface area (Å²) in [5.74, 6) is 0. The van der Waals surface area contributed by atoms with Crippen molar-refractivity contribution in [3.8, 4) is 33.4 Å². The Morgan fingerprint density at radius 2 is 0.889 bits per heavy atom. The first kappa shape index (κ1) is 28.1. The van der Waals surface area contributed by atoms with Gasteiger partial charge in [0.2, 0.25) is 0 Å². The molecule has 7 aromatic carbocycles. The van der Waals surface area contributed by atoms with Crippen molar-refractivity contribution in [2.45, 2.75) is 71.6 Å². The third-order valence-corrected chi connectivity index (χ3v) is 10.5. The molecule has 0 heteroatoms. The lowest BCUT2D eigenvalue weighted by atomic mass is 9.80. The molecule has 0 aromatic heterocycles. The van der Waals surface area contributed by atoms with E-state index < -0.39 is 0 Å². The molecule has 0 spiro atoms. The minimum absolute atomic E-state index is 0.0881. The van der Waals surface area contributed by atoms with Crippen molar-refractivity contribution in [2.75, 3.05) is 0 Å². The standard InChI is InChI=1S/C45H42/c1-43(2,3)33-17-11-27(12-18-33)29-14-20-36-37-21-15-30(26-40(37)45(7,8)39(36)25-29)35-19-13-28-9-10-31-23-34(44(4,5)6)24-32-16-22-38(35)42(28)41(31)32/h9-26H,1-8H3. The van der Waals surface area contributed by atoms with Crippen LogP contribution in [-0.2, 0) is 16.2 Å². The van der Waals surface area contributed by atoms with Gasteiger partial charge in [-0.3, -0.25) is 0 Å². The van der Waals surface area contributed by atoms with Crippen LogP contribution in [0.5, 0.6) is 0 Å². The van der Waals surface area contributed by atoms with Crippen molar-refractivity contribution in [2.24, 2.45) is 0 Å². The van der Waals surface area contributed by atoms with Crippen LogP contribution in [0.25, 0.3) is 65.7 Å². The highest BCUT2D eigenvalue weighted by molar-refractivity contribution is 6.25.